The maximum Gasteiger partial charge on any atom is 0.193 e. The smallest absolute Gasteiger partial charge is 0.193 e. The minimum absolute atomic E-state index is 0.117. The predicted molar refractivity (Wildman–Crippen MR) is 116 cm³/mol. The van der Waals surface area contributed by atoms with Crippen LogP contribution in [0.1, 0.15) is 57.7 Å². The number of carbonyl (C=O) groups excluding carboxylic acids is 1. The lowest BCUT2D eigenvalue weighted by Gasteiger charge is -2.60. The fourth-order valence-electron chi connectivity index (χ4n) is 8.85. The molecule has 1 saturated heterocycles. The van der Waals surface area contributed by atoms with Gasteiger partial charge in [0.25, 0.3) is 0 Å². The van der Waals surface area contributed by atoms with E-state index >= 15 is 0 Å². The minimum Gasteiger partial charge on any atom is -0.393 e. The Hall–Kier alpha value is -1.54. The highest BCUT2D eigenvalue weighted by atomic mass is 16.7. The second-order valence-corrected chi connectivity index (χ2v) is 11.4. The van der Waals surface area contributed by atoms with Crippen molar-refractivity contribution in [2.45, 2.75) is 77.0 Å². The van der Waals surface area contributed by atoms with Gasteiger partial charge in [0.2, 0.25) is 0 Å². The summed E-state index contributed by atoms with van der Waals surface area (Å²) in [6.07, 6.45) is 7.05. The van der Waals surface area contributed by atoms with E-state index in [4.69, 9.17) is 9.47 Å². The van der Waals surface area contributed by atoms with E-state index in [1.54, 1.807) is 0 Å². The molecule has 0 spiro atoms. The molecule has 2 N–H and O–H groups in total. The molecule has 2 heterocycles. The monoisotopic (exact) mass is 442 g/mol. The predicted octanol–water partition coefficient (Wildman–Crippen LogP) is 2.24. The number of Topliss-reactive ketones (excluding diaryl/α,β-unsaturated/α-hetero) is 1. The Morgan fingerprint density at radius 3 is 2.91 bits per heavy atom. The molecule has 9 atom stereocenters. The molecule has 6 rings (SSSR count). The third kappa shape index (κ3) is 2.36. The van der Waals surface area contributed by atoms with E-state index < -0.39 is 30.0 Å². The van der Waals surface area contributed by atoms with Gasteiger partial charge in [-0.1, -0.05) is 19.4 Å². The van der Waals surface area contributed by atoms with Gasteiger partial charge in [-0.15, -0.1) is 0 Å². The molecule has 1 aliphatic heterocycles. The van der Waals surface area contributed by atoms with Crippen LogP contribution in [0.25, 0.3) is 6.08 Å². The molecule has 0 bridgehead atoms. The first-order valence-corrected chi connectivity index (χ1v) is 12.0. The molecule has 3 saturated carbocycles. The Morgan fingerprint density at radius 2 is 2.16 bits per heavy atom. The molecule has 32 heavy (non-hydrogen) atoms. The van der Waals surface area contributed by atoms with Crippen LogP contribution in [0, 0.1) is 28.6 Å². The second kappa shape index (κ2) is 6.53. The number of aliphatic hydroxyl groups is 2. The van der Waals surface area contributed by atoms with Crippen LogP contribution in [0.15, 0.2) is 11.8 Å². The highest BCUT2D eigenvalue weighted by Crippen LogP contribution is 2.69. The van der Waals surface area contributed by atoms with Crippen molar-refractivity contribution in [1.82, 2.24) is 9.78 Å². The third-order valence-electron chi connectivity index (χ3n) is 9.90. The lowest BCUT2D eigenvalue weighted by molar-refractivity contribution is -0.199. The zero-order valence-corrected chi connectivity index (χ0v) is 19.4. The molecule has 7 nitrogen and oxygen atoms in total. The number of allylic oxidation sites excluding steroid dienone is 1. The van der Waals surface area contributed by atoms with Gasteiger partial charge in [-0.3, -0.25) is 9.48 Å². The average molecular weight is 443 g/mol. The Balaban J connectivity index is 1.42. The van der Waals surface area contributed by atoms with Crippen molar-refractivity contribution in [2.24, 2.45) is 35.6 Å². The number of aromatic nitrogens is 2. The van der Waals surface area contributed by atoms with Crippen LogP contribution in [-0.4, -0.2) is 56.5 Å². The van der Waals surface area contributed by atoms with Gasteiger partial charge in [-0.25, -0.2) is 0 Å². The number of rotatable bonds is 2. The molecular formula is C25H34N2O5. The van der Waals surface area contributed by atoms with Gasteiger partial charge in [0, 0.05) is 18.7 Å². The molecule has 7 heteroatoms. The highest BCUT2D eigenvalue weighted by Gasteiger charge is 2.75. The first-order valence-electron chi connectivity index (χ1n) is 12.0. The summed E-state index contributed by atoms with van der Waals surface area (Å²) in [6.45, 7) is 5.67. The molecule has 0 amide bonds. The number of aryl methyl sites for hydroxylation is 1. The Bertz CT molecular complexity index is 1020. The quantitative estimate of drug-likeness (QED) is 0.730. The van der Waals surface area contributed by atoms with E-state index in [1.165, 1.54) is 11.1 Å². The lowest BCUT2D eigenvalue weighted by atomic mass is 9.45. The lowest BCUT2D eigenvalue weighted by Crippen LogP contribution is -2.63. The van der Waals surface area contributed by atoms with E-state index in [1.807, 2.05) is 18.7 Å². The number of nitrogens with zero attached hydrogens (tertiary/aromatic N) is 2. The van der Waals surface area contributed by atoms with Crippen LogP contribution >= 0.6 is 0 Å². The van der Waals surface area contributed by atoms with Gasteiger partial charge in [0.1, 0.15) is 6.61 Å². The summed E-state index contributed by atoms with van der Waals surface area (Å²) in [6, 6.07) is 0. The van der Waals surface area contributed by atoms with E-state index in [0.717, 1.165) is 31.4 Å². The van der Waals surface area contributed by atoms with Crippen molar-refractivity contribution in [3.8, 4) is 0 Å². The van der Waals surface area contributed by atoms with Gasteiger partial charge in [-0.05, 0) is 73.8 Å². The maximum atomic E-state index is 13.2. The summed E-state index contributed by atoms with van der Waals surface area (Å²) < 4.78 is 14.2. The number of fused-ring (bicyclic) bond motifs is 8. The highest BCUT2D eigenvalue weighted by molar-refractivity contribution is 5.91. The molecule has 0 aromatic carbocycles. The van der Waals surface area contributed by atoms with E-state index in [0.29, 0.717) is 6.42 Å². The molecule has 1 aromatic rings. The molecule has 5 aliphatic rings. The summed E-state index contributed by atoms with van der Waals surface area (Å²) in [4.78, 5) is 13.2. The SMILES string of the molecule is CC1O[C@@H]2C[C@H]3[C@@H]4CCC5=Cc6nn(C)cc6C[C@]5(C)[C@H]4[C@@H](O)C[C@]3(C)[C@]2(C(=O)CO)O1. The number of ketones is 1. The average Bonchev–Trinajstić information content (AvgIpc) is 3.32. The van der Waals surface area contributed by atoms with Crippen molar-refractivity contribution in [3.05, 3.63) is 23.0 Å². The third-order valence-corrected chi connectivity index (χ3v) is 9.90. The van der Waals surface area contributed by atoms with Crippen molar-refractivity contribution in [2.75, 3.05) is 6.61 Å². The second-order valence-electron chi connectivity index (χ2n) is 11.4. The molecule has 4 aliphatic carbocycles. The molecule has 0 radical (unpaired) electrons. The number of aliphatic hydroxyl groups excluding tert-OH is 2. The van der Waals surface area contributed by atoms with Crippen LogP contribution < -0.4 is 0 Å². The summed E-state index contributed by atoms with van der Waals surface area (Å²) >= 11 is 0. The van der Waals surface area contributed by atoms with Crippen molar-refractivity contribution < 1.29 is 24.5 Å². The maximum absolute atomic E-state index is 13.2. The van der Waals surface area contributed by atoms with Crippen molar-refractivity contribution in [3.63, 3.8) is 0 Å². The van der Waals surface area contributed by atoms with Crippen LogP contribution in [0.2, 0.25) is 0 Å². The first kappa shape index (κ1) is 21.0. The van der Waals surface area contributed by atoms with Crippen molar-refractivity contribution >= 4 is 11.9 Å². The van der Waals surface area contributed by atoms with E-state index in [2.05, 4.69) is 31.2 Å². The van der Waals surface area contributed by atoms with Gasteiger partial charge < -0.3 is 19.7 Å². The van der Waals surface area contributed by atoms with E-state index in [-0.39, 0.29) is 35.1 Å². The Labute approximate surface area is 188 Å². The van der Waals surface area contributed by atoms with Gasteiger partial charge in [0.05, 0.1) is 17.9 Å². The minimum atomic E-state index is -1.17. The van der Waals surface area contributed by atoms with Crippen LogP contribution in [-0.2, 0) is 27.7 Å². The van der Waals surface area contributed by atoms with Crippen LogP contribution in [0.3, 0.4) is 0 Å². The summed E-state index contributed by atoms with van der Waals surface area (Å²) in [7, 11) is 1.96. The summed E-state index contributed by atoms with van der Waals surface area (Å²) in [5.41, 5.74) is 1.85. The molecule has 1 unspecified atom stereocenters. The normalized spacial score (nSPS) is 48.9. The Kier molecular flexibility index (Phi) is 4.29. The number of carbonyl (C=O) groups is 1. The van der Waals surface area contributed by atoms with E-state index in [9.17, 15) is 15.0 Å². The zero-order chi connectivity index (χ0) is 22.6. The van der Waals surface area contributed by atoms with Crippen molar-refractivity contribution in [1.29, 1.82) is 0 Å². The summed E-state index contributed by atoms with van der Waals surface area (Å²) in [5.74, 6) is 0.299. The molecule has 174 valence electrons. The Morgan fingerprint density at radius 1 is 1.38 bits per heavy atom. The number of hydrogen-bond acceptors (Lipinski definition) is 6. The van der Waals surface area contributed by atoms with Gasteiger partial charge in [-0.2, -0.15) is 5.10 Å². The molecular weight excluding hydrogens is 408 g/mol. The number of ether oxygens (including phenoxy) is 2. The van der Waals surface area contributed by atoms with Crippen LogP contribution in [0.5, 0.6) is 0 Å². The fourth-order valence-corrected chi connectivity index (χ4v) is 8.85. The first-order chi connectivity index (χ1) is 15.1. The fraction of sp³-hybridized carbons (Fsp3) is 0.760. The molecule has 1 aromatic heterocycles. The number of hydrogen-bond donors (Lipinski definition) is 2. The largest absolute Gasteiger partial charge is 0.393 e. The van der Waals surface area contributed by atoms with Gasteiger partial charge >= 0.3 is 0 Å². The standard InChI is InChI=1S/C25H34N2O5/c1-13-31-21-8-17-16-6-5-15-7-18-14(11-27(4)26-18)9-23(15,2)22(16)19(29)10-24(17,3)25(21,32-13)20(30)12-28/h7,11,13,16-17,19,21-22,28-29H,5-6,8-10,12H2,1-4H3/t13?,16-,17-,19-,21+,22+,23-,24-,25+/m0/s1. The zero-order valence-electron chi connectivity index (χ0n) is 19.4. The van der Waals surface area contributed by atoms with Crippen LogP contribution in [0.4, 0.5) is 0 Å². The summed E-state index contributed by atoms with van der Waals surface area (Å²) in [5, 5.41) is 26.2. The van der Waals surface area contributed by atoms with Gasteiger partial charge in [0.15, 0.2) is 17.7 Å². The topological polar surface area (TPSA) is 93.8 Å². The molecule has 4 fully saturated rings.